The largest absolute Gasteiger partial charge is 0.399 e. The van der Waals surface area contributed by atoms with Crippen LogP contribution >= 0.6 is 0 Å². The lowest BCUT2D eigenvalue weighted by Gasteiger charge is -2.36. The van der Waals surface area contributed by atoms with Crippen molar-refractivity contribution < 1.29 is 0 Å². The SMILES string of the molecule is CCC(C)N1CCCC(c2cccc(N)c2)C1. The van der Waals surface area contributed by atoms with Gasteiger partial charge in [0.15, 0.2) is 0 Å². The monoisotopic (exact) mass is 232 g/mol. The Morgan fingerprint density at radius 1 is 1.47 bits per heavy atom. The van der Waals surface area contributed by atoms with E-state index in [1.165, 1.54) is 37.9 Å². The van der Waals surface area contributed by atoms with Crippen molar-refractivity contribution in [3.63, 3.8) is 0 Å². The first-order valence-corrected chi connectivity index (χ1v) is 6.80. The number of nitrogens with zero attached hydrogens (tertiary/aromatic N) is 1. The highest BCUT2D eigenvalue weighted by atomic mass is 15.2. The third kappa shape index (κ3) is 3.01. The zero-order valence-electron chi connectivity index (χ0n) is 11.0. The summed E-state index contributed by atoms with van der Waals surface area (Å²) in [6.07, 6.45) is 3.85. The average Bonchev–Trinajstić information content (AvgIpc) is 2.38. The van der Waals surface area contributed by atoms with E-state index >= 15 is 0 Å². The fourth-order valence-electron chi connectivity index (χ4n) is 2.75. The summed E-state index contributed by atoms with van der Waals surface area (Å²) in [6, 6.07) is 9.12. The maximum Gasteiger partial charge on any atom is 0.0316 e. The Kier molecular flexibility index (Phi) is 4.06. The molecular formula is C15H24N2. The van der Waals surface area contributed by atoms with Gasteiger partial charge >= 0.3 is 0 Å². The molecule has 1 fully saturated rings. The number of anilines is 1. The Labute approximate surface area is 105 Å². The van der Waals surface area contributed by atoms with E-state index in [1.807, 2.05) is 6.07 Å². The number of nitrogen functional groups attached to an aromatic ring is 1. The van der Waals surface area contributed by atoms with Crippen LogP contribution in [0.25, 0.3) is 0 Å². The van der Waals surface area contributed by atoms with Crippen LogP contribution < -0.4 is 5.73 Å². The summed E-state index contributed by atoms with van der Waals surface area (Å²) in [5.41, 5.74) is 8.18. The number of benzene rings is 1. The molecule has 0 bridgehead atoms. The number of hydrogen-bond donors (Lipinski definition) is 1. The predicted molar refractivity (Wildman–Crippen MR) is 74.2 cm³/mol. The van der Waals surface area contributed by atoms with Gasteiger partial charge in [0.1, 0.15) is 0 Å². The van der Waals surface area contributed by atoms with Crippen molar-refractivity contribution in [1.29, 1.82) is 0 Å². The molecule has 2 N–H and O–H groups in total. The highest BCUT2D eigenvalue weighted by Crippen LogP contribution is 2.29. The number of likely N-dealkylation sites (tertiary alicyclic amines) is 1. The smallest absolute Gasteiger partial charge is 0.0316 e. The molecule has 2 unspecified atom stereocenters. The fourth-order valence-corrected chi connectivity index (χ4v) is 2.75. The third-order valence-corrected chi connectivity index (χ3v) is 4.05. The van der Waals surface area contributed by atoms with Gasteiger partial charge < -0.3 is 10.6 Å². The minimum absolute atomic E-state index is 0.668. The topological polar surface area (TPSA) is 29.3 Å². The average molecular weight is 232 g/mol. The molecule has 1 aliphatic rings. The summed E-state index contributed by atoms with van der Waals surface area (Å²) < 4.78 is 0. The van der Waals surface area contributed by atoms with Crippen molar-refractivity contribution in [3.05, 3.63) is 29.8 Å². The second kappa shape index (κ2) is 5.54. The summed E-state index contributed by atoms with van der Waals surface area (Å²) in [5, 5.41) is 0. The van der Waals surface area contributed by atoms with Gasteiger partial charge in [-0.05, 0) is 56.3 Å². The molecule has 2 rings (SSSR count). The Hall–Kier alpha value is -1.02. The van der Waals surface area contributed by atoms with Crippen LogP contribution in [0.15, 0.2) is 24.3 Å². The molecule has 0 spiro atoms. The molecule has 2 heteroatoms. The van der Waals surface area contributed by atoms with Crippen molar-refractivity contribution in [2.75, 3.05) is 18.8 Å². The van der Waals surface area contributed by atoms with Gasteiger partial charge in [-0.1, -0.05) is 19.1 Å². The fraction of sp³-hybridized carbons (Fsp3) is 0.600. The second-order valence-electron chi connectivity index (χ2n) is 5.26. The van der Waals surface area contributed by atoms with Crippen molar-refractivity contribution in [2.24, 2.45) is 0 Å². The summed E-state index contributed by atoms with van der Waals surface area (Å²) in [6.45, 7) is 7.06. The molecule has 0 aromatic heterocycles. The van der Waals surface area contributed by atoms with Crippen LogP contribution in [0, 0.1) is 0 Å². The normalized spacial score (nSPS) is 23.5. The first-order chi connectivity index (χ1) is 8.20. The molecule has 94 valence electrons. The summed E-state index contributed by atoms with van der Waals surface area (Å²) in [4.78, 5) is 2.62. The van der Waals surface area contributed by atoms with Crippen LogP contribution in [0.5, 0.6) is 0 Å². The van der Waals surface area contributed by atoms with Gasteiger partial charge in [0.2, 0.25) is 0 Å². The molecule has 17 heavy (non-hydrogen) atoms. The van der Waals surface area contributed by atoms with Crippen molar-refractivity contribution in [3.8, 4) is 0 Å². The van der Waals surface area contributed by atoms with E-state index in [2.05, 4.69) is 36.9 Å². The van der Waals surface area contributed by atoms with Crippen LogP contribution in [-0.2, 0) is 0 Å². The van der Waals surface area contributed by atoms with E-state index in [0.29, 0.717) is 12.0 Å². The predicted octanol–water partition coefficient (Wildman–Crippen LogP) is 3.25. The highest BCUT2D eigenvalue weighted by Gasteiger charge is 2.23. The lowest BCUT2D eigenvalue weighted by Crippen LogP contribution is -2.40. The number of piperidine rings is 1. The Morgan fingerprint density at radius 3 is 3.00 bits per heavy atom. The Morgan fingerprint density at radius 2 is 2.29 bits per heavy atom. The van der Waals surface area contributed by atoms with E-state index in [0.717, 1.165) is 5.69 Å². The minimum atomic E-state index is 0.668. The molecule has 1 aromatic rings. The first kappa shape index (κ1) is 12.4. The quantitative estimate of drug-likeness (QED) is 0.811. The molecule has 0 radical (unpaired) electrons. The lowest BCUT2D eigenvalue weighted by atomic mass is 9.89. The van der Waals surface area contributed by atoms with E-state index < -0.39 is 0 Å². The number of rotatable bonds is 3. The maximum absolute atomic E-state index is 5.87. The molecule has 1 aliphatic heterocycles. The summed E-state index contributed by atoms with van der Waals surface area (Å²) in [7, 11) is 0. The van der Waals surface area contributed by atoms with Gasteiger partial charge in [-0.15, -0.1) is 0 Å². The van der Waals surface area contributed by atoms with Gasteiger partial charge in [-0.25, -0.2) is 0 Å². The van der Waals surface area contributed by atoms with Crippen LogP contribution in [0.2, 0.25) is 0 Å². The van der Waals surface area contributed by atoms with Gasteiger partial charge in [0.25, 0.3) is 0 Å². The first-order valence-electron chi connectivity index (χ1n) is 6.80. The molecule has 1 saturated heterocycles. The van der Waals surface area contributed by atoms with Crippen LogP contribution in [0.3, 0.4) is 0 Å². The van der Waals surface area contributed by atoms with E-state index in [1.54, 1.807) is 0 Å². The zero-order chi connectivity index (χ0) is 12.3. The number of nitrogens with two attached hydrogens (primary N) is 1. The Balaban J connectivity index is 2.07. The lowest BCUT2D eigenvalue weighted by molar-refractivity contribution is 0.154. The minimum Gasteiger partial charge on any atom is -0.399 e. The van der Waals surface area contributed by atoms with Gasteiger partial charge in [0.05, 0.1) is 0 Å². The van der Waals surface area contributed by atoms with Crippen LogP contribution in [0.1, 0.15) is 44.6 Å². The summed E-state index contributed by atoms with van der Waals surface area (Å²) in [5.74, 6) is 0.668. The molecule has 2 atom stereocenters. The van der Waals surface area contributed by atoms with E-state index in [4.69, 9.17) is 5.73 Å². The molecule has 0 aliphatic carbocycles. The van der Waals surface area contributed by atoms with E-state index in [-0.39, 0.29) is 0 Å². The zero-order valence-corrected chi connectivity index (χ0v) is 11.0. The van der Waals surface area contributed by atoms with Gasteiger partial charge in [-0.2, -0.15) is 0 Å². The van der Waals surface area contributed by atoms with Crippen molar-refractivity contribution >= 4 is 5.69 Å². The molecule has 0 saturated carbocycles. The molecule has 1 aromatic carbocycles. The van der Waals surface area contributed by atoms with E-state index in [9.17, 15) is 0 Å². The third-order valence-electron chi connectivity index (χ3n) is 4.05. The van der Waals surface area contributed by atoms with Crippen LogP contribution in [-0.4, -0.2) is 24.0 Å². The molecule has 0 amide bonds. The van der Waals surface area contributed by atoms with Crippen LogP contribution in [0.4, 0.5) is 5.69 Å². The maximum atomic E-state index is 5.87. The molecule has 1 heterocycles. The Bertz CT molecular complexity index is 362. The van der Waals surface area contributed by atoms with Crippen molar-refractivity contribution in [2.45, 2.75) is 45.1 Å². The summed E-state index contributed by atoms with van der Waals surface area (Å²) >= 11 is 0. The number of hydrogen-bond acceptors (Lipinski definition) is 2. The molecular weight excluding hydrogens is 208 g/mol. The standard InChI is InChI=1S/C15H24N2/c1-3-12(2)17-9-5-7-14(11-17)13-6-4-8-15(16)10-13/h4,6,8,10,12,14H,3,5,7,9,11,16H2,1-2H3. The highest BCUT2D eigenvalue weighted by molar-refractivity contribution is 5.42. The van der Waals surface area contributed by atoms with Crippen molar-refractivity contribution in [1.82, 2.24) is 4.90 Å². The van der Waals surface area contributed by atoms with Gasteiger partial charge in [0, 0.05) is 18.3 Å². The second-order valence-corrected chi connectivity index (χ2v) is 5.26. The molecule has 2 nitrogen and oxygen atoms in total. The van der Waals surface area contributed by atoms with Gasteiger partial charge in [-0.3, -0.25) is 0 Å².